The van der Waals surface area contributed by atoms with Gasteiger partial charge in [0, 0.05) is 25.5 Å². The van der Waals surface area contributed by atoms with Crippen LogP contribution in [0.5, 0.6) is 0 Å². The summed E-state index contributed by atoms with van der Waals surface area (Å²) < 4.78 is 1.95. The van der Waals surface area contributed by atoms with E-state index in [1.54, 1.807) is 18.0 Å². The minimum atomic E-state index is -0.381. The lowest BCUT2D eigenvalue weighted by Crippen LogP contribution is -2.45. The fourth-order valence-corrected chi connectivity index (χ4v) is 2.55. The molecule has 1 heterocycles. The standard InChI is InChI=1S/C13H22N4OS/c1-16-7-6-15-12(16)9-17(10-3-4-10)13(18)11(14)5-8-19-2/h6-7,10-11H,3-5,8-9,14H2,1-2H3/t11-/m0/s1. The van der Waals surface area contributed by atoms with Crippen LogP contribution in [0.2, 0.25) is 0 Å². The summed E-state index contributed by atoms with van der Waals surface area (Å²) in [6.07, 6.45) is 8.61. The highest BCUT2D eigenvalue weighted by Gasteiger charge is 2.35. The molecule has 1 aromatic heterocycles. The van der Waals surface area contributed by atoms with E-state index in [1.165, 1.54) is 0 Å². The Morgan fingerprint density at radius 3 is 2.95 bits per heavy atom. The lowest BCUT2D eigenvalue weighted by molar-refractivity contribution is -0.134. The molecule has 0 aromatic carbocycles. The predicted octanol–water partition coefficient (Wildman–Crippen LogP) is 0.991. The lowest BCUT2D eigenvalue weighted by Gasteiger charge is -2.25. The van der Waals surface area contributed by atoms with E-state index in [0.717, 1.165) is 30.8 Å². The van der Waals surface area contributed by atoms with E-state index in [-0.39, 0.29) is 11.9 Å². The molecule has 0 unspecified atom stereocenters. The molecule has 1 aliphatic carbocycles. The fraction of sp³-hybridized carbons (Fsp3) is 0.692. The number of hydrogen-bond acceptors (Lipinski definition) is 4. The molecular formula is C13H22N4OS. The summed E-state index contributed by atoms with van der Waals surface area (Å²) in [7, 11) is 1.95. The van der Waals surface area contributed by atoms with Gasteiger partial charge >= 0.3 is 0 Å². The van der Waals surface area contributed by atoms with Crippen molar-refractivity contribution in [3.63, 3.8) is 0 Å². The highest BCUT2D eigenvalue weighted by molar-refractivity contribution is 7.98. The Kier molecular flexibility index (Phi) is 4.87. The van der Waals surface area contributed by atoms with E-state index in [4.69, 9.17) is 5.73 Å². The Hall–Kier alpha value is -1.01. The first-order valence-electron chi connectivity index (χ1n) is 6.64. The van der Waals surface area contributed by atoms with Crippen molar-refractivity contribution in [2.24, 2.45) is 12.8 Å². The van der Waals surface area contributed by atoms with Crippen LogP contribution in [0.4, 0.5) is 0 Å². The van der Waals surface area contributed by atoms with Gasteiger partial charge in [-0.1, -0.05) is 0 Å². The first-order valence-corrected chi connectivity index (χ1v) is 8.04. The van der Waals surface area contributed by atoms with Crippen molar-refractivity contribution in [3.05, 3.63) is 18.2 Å². The molecule has 106 valence electrons. The monoisotopic (exact) mass is 282 g/mol. The van der Waals surface area contributed by atoms with Gasteiger partial charge in [0.15, 0.2) is 0 Å². The molecular weight excluding hydrogens is 260 g/mol. The molecule has 0 aliphatic heterocycles. The minimum absolute atomic E-state index is 0.0690. The SMILES string of the molecule is CSCC[C@H](N)C(=O)N(Cc1nccn1C)C1CC1. The van der Waals surface area contributed by atoms with Crippen LogP contribution in [0.15, 0.2) is 12.4 Å². The Morgan fingerprint density at radius 2 is 2.42 bits per heavy atom. The molecule has 19 heavy (non-hydrogen) atoms. The van der Waals surface area contributed by atoms with Crippen molar-refractivity contribution in [1.29, 1.82) is 0 Å². The first-order chi connectivity index (χ1) is 9.13. The maximum atomic E-state index is 12.4. The molecule has 6 heteroatoms. The van der Waals surface area contributed by atoms with Gasteiger partial charge in [-0.05, 0) is 31.3 Å². The molecule has 1 aromatic rings. The molecule has 1 atom stereocenters. The van der Waals surface area contributed by atoms with Crippen LogP contribution in [0.3, 0.4) is 0 Å². The largest absolute Gasteiger partial charge is 0.337 e. The van der Waals surface area contributed by atoms with E-state index < -0.39 is 0 Å². The number of aromatic nitrogens is 2. The average Bonchev–Trinajstić information content (AvgIpc) is 3.16. The number of hydrogen-bond donors (Lipinski definition) is 1. The number of imidazole rings is 1. The van der Waals surface area contributed by atoms with Gasteiger partial charge in [-0.25, -0.2) is 4.98 Å². The van der Waals surface area contributed by atoms with Crippen molar-refractivity contribution in [3.8, 4) is 0 Å². The highest BCUT2D eigenvalue weighted by Crippen LogP contribution is 2.28. The molecule has 0 bridgehead atoms. The van der Waals surface area contributed by atoms with Gasteiger partial charge < -0.3 is 15.2 Å². The lowest BCUT2D eigenvalue weighted by atomic mass is 10.2. The summed E-state index contributed by atoms with van der Waals surface area (Å²) in [6.45, 7) is 0.569. The Bertz CT molecular complexity index is 430. The summed E-state index contributed by atoms with van der Waals surface area (Å²) in [5, 5.41) is 0. The van der Waals surface area contributed by atoms with Crippen LogP contribution in [-0.4, -0.2) is 44.5 Å². The zero-order valence-corrected chi connectivity index (χ0v) is 12.4. The fourth-order valence-electron chi connectivity index (χ4n) is 2.06. The van der Waals surface area contributed by atoms with Gasteiger partial charge in [0.1, 0.15) is 5.82 Å². The van der Waals surface area contributed by atoms with Crippen LogP contribution < -0.4 is 5.73 Å². The quantitative estimate of drug-likeness (QED) is 0.810. The van der Waals surface area contributed by atoms with E-state index in [2.05, 4.69) is 4.98 Å². The molecule has 5 nitrogen and oxygen atoms in total. The number of amides is 1. The summed E-state index contributed by atoms with van der Waals surface area (Å²) in [5.41, 5.74) is 6.01. The first kappa shape index (κ1) is 14.4. The van der Waals surface area contributed by atoms with Crippen LogP contribution in [0.1, 0.15) is 25.1 Å². The molecule has 0 spiro atoms. The number of rotatable bonds is 7. The number of carbonyl (C=O) groups is 1. The third-order valence-corrected chi connectivity index (χ3v) is 4.10. The molecule has 0 saturated heterocycles. The third kappa shape index (κ3) is 3.73. The van der Waals surface area contributed by atoms with E-state index >= 15 is 0 Å². The van der Waals surface area contributed by atoms with Crippen molar-refractivity contribution < 1.29 is 4.79 Å². The maximum Gasteiger partial charge on any atom is 0.240 e. The zero-order chi connectivity index (χ0) is 13.8. The normalized spacial score (nSPS) is 16.4. The average molecular weight is 282 g/mol. The third-order valence-electron chi connectivity index (χ3n) is 3.45. The van der Waals surface area contributed by atoms with Crippen LogP contribution in [0, 0.1) is 0 Å². The van der Waals surface area contributed by atoms with Gasteiger partial charge in [0.2, 0.25) is 5.91 Å². The van der Waals surface area contributed by atoms with E-state index in [9.17, 15) is 4.79 Å². The van der Waals surface area contributed by atoms with Gasteiger partial charge in [0.25, 0.3) is 0 Å². The number of aryl methyl sites for hydroxylation is 1. The Balaban J connectivity index is 1.99. The zero-order valence-electron chi connectivity index (χ0n) is 11.6. The molecule has 0 radical (unpaired) electrons. The van der Waals surface area contributed by atoms with Crippen LogP contribution in [-0.2, 0) is 18.4 Å². The second kappa shape index (κ2) is 6.43. The smallest absolute Gasteiger partial charge is 0.240 e. The molecule has 2 rings (SSSR count). The minimum Gasteiger partial charge on any atom is -0.337 e. The summed E-state index contributed by atoms with van der Waals surface area (Å²) >= 11 is 1.72. The number of thioether (sulfide) groups is 1. The van der Waals surface area contributed by atoms with Crippen molar-refractivity contribution in [1.82, 2.24) is 14.5 Å². The predicted molar refractivity (Wildman–Crippen MR) is 77.8 cm³/mol. The highest BCUT2D eigenvalue weighted by atomic mass is 32.2. The second-order valence-corrected chi connectivity index (χ2v) is 6.03. The van der Waals surface area contributed by atoms with Crippen molar-refractivity contribution in [2.45, 2.75) is 37.9 Å². The number of carbonyl (C=O) groups excluding carboxylic acids is 1. The molecule has 1 aliphatic rings. The molecule has 2 N–H and O–H groups in total. The maximum absolute atomic E-state index is 12.4. The van der Waals surface area contributed by atoms with Crippen molar-refractivity contribution in [2.75, 3.05) is 12.0 Å². The van der Waals surface area contributed by atoms with E-state index in [0.29, 0.717) is 12.6 Å². The molecule has 1 amide bonds. The van der Waals surface area contributed by atoms with Gasteiger partial charge in [-0.15, -0.1) is 0 Å². The number of nitrogens with two attached hydrogens (primary N) is 1. The summed E-state index contributed by atoms with van der Waals surface area (Å²) in [6, 6.07) is -0.0159. The molecule has 1 saturated carbocycles. The number of nitrogens with zero attached hydrogens (tertiary/aromatic N) is 3. The van der Waals surface area contributed by atoms with E-state index in [1.807, 2.05) is 29.0 Å². The van der Waals surface area contributed by atoms with Crippen molar-refractivity contribution >= 4 is 17.7 Å². The topological polar surface area (TPSA) is 64.2 Å². The van der Waals surface area contributed by atoms with Gasteiger partial charge in [0.05, 0.1) is 12.6 Å². The molecule has 1 fully saturated rings. The van der Waals surface area contributed by atoms with Gasteiger partial charge in [-0.2, -0.15) is 11.8 Å². The Labute approximate surface area is 118 Å². The summed E-state index contributed by atoms with van der Waals surface area (Å²) in [5.74, 6) is 1.91. The Morgan fingerprint density at radius 1 is 1.68 bits per heavy atom. The van der Waals surface area contributed by atoms with Crippen LogP contribution in [0.25, 0.3) is 0 Å². The summed E-state index contributed by atoms with van der Waals surface area (Å²) in [4.78, 5) is 18.6. The van der Waals surface area contributed by atoms with Crippen LogP contribution >= 0.6 is 11.8 Å². The van der Waals surface area contributed by atoms with Gasteiger partial charge in [-0.3, -0.25) is 4.79 Å². The second-order valence-electron chi connectivity index (χ2n) is 5.04.